The van der Waals surface area contributed by atoms with Crippen molar-refractivity contribution in [2.45, 2.75) is 141 Å². The summed E-state index contributed by atoms with van der Waals surface area (Å²) in [5, 5.41) is 0. The van der Waals surface area contributed by atoms with Crippen LogP contribution in [0.4, 0.5) is 0 Å². The summed E-state index contributed by atoms with van der Waals surface area (Å²) in [6.45, 7) is 16.5. The topological polar surface area (TPSA) is 44.2 Å². The second-order valence-electron chi connectivity index (χ2n) is 13.3. The molecule has 226 valence electrons. The van der Waals surface area contributed by atoms with Gasteiger partial charge in [0.2, 0.25) is 0 Å². The van der Waals surface area contributed by atoms with E-state index >= 15 is 0 Å². The van der Waals surface area contributed by atoms with E-state index < -0.39 is 8.07 Å². The average molecular weight is 585 g/mol. The van der Waals surface area contributed by atoms with Gasteiger partial charge in [-0.05, 0) is 41.8 Å². The van der Waals surface area contributed by atoms with Crippen molar-refractivity contribution in [3.8, 4) is 22.9 Å². The van der Waals surface area contributed by atoms with Crippen molar-refractivity contribution in [3.05, 3.63) is 36.7 Å². The molecule has 0 saturated carbocycles. The molecule has 0 unspecified atom stereocenters. The Balaban J connectivity index is 1.52. The van der Waals surface area contributed by atoms with Gasteiger partial charge >= 0.3 is 0 Å². The van der Waals surface area contributed by atoms with Crippen LogP contribution in [0, 0.1) is 0 Å². The van der Waals surface area contributed by atoms with Crippen LogP contribution in [0.25, 0.3) is 11.4 Å². The lowest BCUT2D eigenvalue weighted by molar-refractivity contribution is 0.302. The maximum absolute atomic E-state index is 5.98. The van der Waals surface area contributed by atoms with Crippen molar-refractivity contribution in [1.29, 1.82) is 0 Å². The first-order valence-corrected chi connectivity index (χ1v) is 21.6. The molecule has 0 aliphatic heterocycles. The van der Waals surface area contributed by atoms with Crippen LogP contribution in [0.3, 0.4) is 0 Å². The van der Waals surface area contributed by atoms with Crippen molar-refractivity contribution in [1.82, 2.24) is 9.97 Å². The first-order valence-electron chi connectivity index (χ1n) is 16.4. The maximum atomic E-state index is 5.98. The van der Waals surface area contributed by atoms with E-state index in [0.717, 1.165) is 48.9 Å². The molecule has 2 rings (SSSR count). The van der Waals surface area contributed by atoms with Gasteiger partial charge in [0.25, 0.3) is 0 Å². The van der Waals surface area contributed by atoms with Crippen LogP contribution < -0.4 is 9.47 Å². The van der Waals surface area contributed by atoms with Crippen molar-refractivity contribution < 1.29 is 9.47 Å². The molecule has 1 heterocycles. The van der Waals surface area contributed by atoms with E-state index in [2.05, 4.69) is 50.4 Å². The lowest BCUT2D eigenvalue weighted by Crippen LogP contribution is -2.39. The van der Waals surface area contributed by atoms with Crippen molar-refractivity contribution in [2.24, 2.45) is 0 Å². The first-order chi connectivity index (χ1) is 19.2. The molecule has 1 aromatic heterocycles. The van der Waals surface area contributed by atoms with Crippen LogP contribution in [0.2, 0.25) is 30.3 Å². The molecule has 0 radical (unpaired) electrons. The largest absolute Gasteiger partial charge is 0.494 e. The Bertz CT molecular complexity index is 896. The molecular weight excluding hydrogens is 525 g/mol. The maximum Gasteiger partial charge on any atom is 0.159 e. The molecule has 2 aromatic rings. The summed E-state index contributed by atoms with van der Waals surface area (Å²) in [6.07, 6.45) is 21.9. The Morgan fingerprint density at radius 3 is 1.65 bits per heavy atom. The predicted molar refractivity (Wildman–Crippen MR) is 180 cm³/mol. The number of hydrogen-bond acceptors (Lipinski definition) is 4. The van der Waals surface area contributed by atoms with Crippen molar-refractivity contribution >= 4 is 17.6 Å². The third-order valence-corrected chi connectivity index (χ3v) is 18.8. The van der Waals surface area contributed by atoms with Crippen LogP contribution in [0.5, 0.6) is 11.5 Å². The van der Waals surface area contributed by atoms with Gasteiger partial charge < -0.3 is 9.47 Å². The monoisotopic (exact) mass is 584 g/mol. The normalized spacial score (nSPS) is 12.3. The van der Waals surface area contributed by atoms with Gasteiger partial charge in [0.15, 0.2) is 11.6 Å². The van der Waals surface area contributed by atoms with Crippen LogP contribution in [0.1, 0.15) is 111 Å². The van der Waals surface area contributed by atoms with Gasteiger partial charge in [-0.25, -0.2) is 9.97 Å². The Morgan fingerprint density at radius 2 is 1.12 bits per heavy atom. The van der Waals surface area contributed by atoms with E-state index in [1.807, 2.05) is 24.3 Å². The van der Waals surface area contributed by atoms with Crippen LogP contribution in [-0.2, 0) is 0 Å². The number of unbranched alkanes of at least 4 members (excludes halogenated alkanes) is 12. The Labute approximate surface area is 250 Å². The minimum absolute atomic E-state index is 0.0550. The zero-order chi connectivity index (χ0) is 29.1. The number of nitrogens with zero attached hydrogens (tertiary/aromatic N) is 2. The highest BCUT2D eigenvalue weighted by Crippen LogP contribution is 2.36. The van der Waals surface area contributed by atoms with E-state index in [-0.39, 0.29) is 9.52 Å². The van der Waals surface area contributed by atoms with Gasteiger partial charge in [0.05, 0.1) is 25.6 Å². The molecule has 1 aromatic carbocycles. The average Bonchev–Trinajstić information content (AvgIpc) is 2.93. The lowest BCUT2D eigenvalue weighted by Gasteiger charge is -2.37. The molecule has 6 heteroatoms. The quantitative estimate of drug-likeness (QED) is 0.0963. The number of rotatable bonds is 23. The fourth-order valence-electron chi connectivity index (χ4n) is 4.78. The fraction of sp³-hybridized carbons (Fsp3) is 0.706. The zero-order valence-electron chi connectivity index (χ0n) is 26.9. The van der Waals surface area contributed by atoms with Crippen molar-refractivity contribution in [2.75, 3.05) is 13.2 Å². The summed E-state index contributed by atoms with van der Waals surface area (Å²) >= 11 is 0. The summed E-state index contributed by atoms with van der Waals surface area (Å²) in [5.74, 6) is 2.39. The van der Waals surface area contributed by atoms with E-state index in [1.54, 1.807) is 12.4 Å². The van der Waals surface area contributed by atoms with Crippen LogP contribution in [0.15, 0.2) is 36.7 Å². The van der Waals surface area contributed by atoms with Gasteiger partial charge in [-0.1, -0.05) is 124 Å². The molecule has 4 nitrogen and oxygen atoms in total. The second kappa shape index (κ2) is 19.5. The summed E-state index contributed by atoms with van der Waals surface area (Å²) in [5.41, 5.74) is 0.998. The van der Waals surface area contributed by atoms with Gasteiger partial charge in [0, 0.05) is 23.2 Å². The van der Waals surface area contributed by atoms with E-state index in [0.29, 0.717) is 4.66 Å². The highest BCUT2D eigenvalue weighted by molar-refractivity contribution is 6.87. The highest BCUT2D eigenvalue weighted by Gasteiger charge is 2.33. The Kier molecular flexibility index (Phi) is 16.8. The summed E-state index contributed by atoms with van der Waals surface area (Å²) < 4.78 is 12.5. The van der Waals surface area contributed by atoms with Crippen molar-refractivity contribution in [3.63, 3.8) is 0 Å². The third-order valence-electron chi connectivity index (χ3n) is 8.75. The smallest absolute Gasteiger partial charge is 0.159 e. The third kappa shape index (κ3) is 14.3. The summed E-state index contributed by atoms with van der Waals surface area (Å²) in [4.78, 5) is 9.01. The Morgan fingerprint density at radius 1 is 0.650 bits per heavy atom. The predicted octanol–water partition coefficient (Wildman–Crippen LogP) is 10.0. The molecule has 40 heavy (non-hydrogen) atoms. The lowest BCUT2D eigenvalue weighted by atomic mass is 10.1. The fourth-order valence-corrected chi connectivity index (χ4v) is 9.80. The van der Waals surface area contributed by atoms with E-state index in [1.165, 1.54) is 83.1 Å². The van der Waals surface area contributed by atoms with Gasteiger partial charge in [-0.15, -0.1) is 0 Å². The van der Waals surface area contributed by atoms with Crippen LogP contribution in [-0.4, -0.2) is 40.8 Å². The highest BCUT2D eigenvalue weighted by atomic mass is 28.4. The number of ether oxygens (including phenoxy) is 2. The summed E-state index contributed by atoms with van der Waals surface area (Å²) in [6, 6.07) is 9.66. The molecule has 0 N–H and O–H groups in total. The minimum Gasteiger partial charge on any atom is -0.494 e. The van der Waals surface area contributed by atoms with Gasteiger partial charge in [-0.2, -0.15) is 0 Å². The molecule has 0 aliphatic rings. The molecule has 0 atom stereocenters. The molecular formula is C34H60N2O2Si2. The zero-order valence-corrected chi connectivity index (χ0v) is 29.3. The number of benzene rings is 1. The van der Waals surface area contributed by atoms with Crippen LogP contribution >= 0.6 is 0 Å². The minimum atomic E-state index is -1.00. The van der Waals surface area contributed by atoms with E-state index in [4.69, 9.17) is 9.47 Å². The molecule has 0 fully saturated rings. The van der Waals surface area contributed by atoms with E-state index in [9.17, 15) is 0 Å². The Hall–Kier alpha value is -1.67. The second-order valence-corrected chi connectivity index (χ2v) is 22.8. The number of aromatic nitrogens is 2. The number of hydrogen-bond donors (Lipinski definition) is 0. The van der Waals surface area contributed by atoms with Gasteiger partial charge in [0.1, 0.15) is 5.75 Å². The first kappa shape index (κ1) is 34.5. The molecule has 0 bridgehead atoms. The molecule has 0 spiro atoms. The molecule has 0 aliphatic carbocycles. The molecule has 0 saturated heterocycles. The molecule has 0 amide bonds. The standard InChI is InChI=1S/C34H60N2O2Si2/c1-7-8-9-10-11-12-15-19-26-38-32-28-35-33(36-29-32)30-21-23-31(24-22-30)37-25-18-16-13-14-17-20-27-39-34(2,3)40(4,5)6/h21-24,28-29H,7-20,25-27,39H2,1-6H3. The summed E-state index contributed by atoms with van der Waals surface area (Å²) in [7, 11) is -0.945. The SMILES string of the molecule is CCCCCCCCCCOc1cnc(-c2ccc(OCCCCCCCC[SiH2]C(C)(C)[Si](C)(C)C)cc2)nc1. The van der Waals surface area contributed by atoms with Gasteiger partial charge in [-0.3, -0.25) is 0 Å².